The molecule has 1 saturated carbocycles. The van der Waals surface area contributed by atoms with Gasteiger partial charge in [0, 0.05) is 12.6 Å². The summed E-state index contributed by atoms with van der Waals surface area (Å²) >= 11 is 0. The van der Waals surface area contributed by atoms with E-state index in [1.807, 2.05) is 19.1 Å². The topological polar surface area (TPSA) is 30.0 Å². The molecule has 13 heavy (non-hydrogen) atoms. The first-order valence-corrected chi connectivity index (χ1v) is 4.31. The maximum atomic E-state index is 11.3. The highest BCUT2D eigenvalue weighted by atomic mass is 16.1. The second kappa shape index (κ2) is 2.80. The van der Waals surface area contributed by atoms with Gasteiger partial charge in [-0.15, -0.1) is 0 Å². The Hall–Kier alpha value is -1.44. The van der Waals surface area contributed by atoms with Gasteiger partial charge in [0.05, 0.1) is 11.6 Å². The third kappa shape index (κ3) is 1.28. The second-order valence-corrected chi connectivity index (χ2v) is 3.49. The first-order chi connectivity index (χ1) is 6.18. The van der Waals surface area contributed by atoms with Crippen LogP contribution in [0.25, 0.3) is 0 Å². The normalized spacial score (nSPS) is 21.5. The van der Waals surface area contributed by atoms with Crippen molar-refractivity contribution < 1.29 is 4.79 Å². The lowest BCUT2D eigenvalue weighted by Crippen LogP contribution is -2.26. The minimum atomic E-state index is -0.125. The highest BCUT2D eigenvalue weighted by molar-refractivity contribution is 5.98. The molecular formula is C11H11NO. The van der Waals surface area contributed by atoms with Gasteiger partial charge in [0.15, 0.2) is 0 Å². The fourth-order valence-electron chi connectivity index (χ4n) is 1.62. The fourth-order valence-corrected chi connectivity index (χ4v) is 1.62. The van der Waals surface area contributed by atoms with Crippen molar-refractivity contribution in [3.63, 3.8) is 0 Å². The van der Waals surface area contributed by atoms with E-state index in [0.717, 1.165) is 16.8 Å². The van der Waals surface area contributed by atoms with Crippen LogP contribution in [0.3, 0.4) is 0 Å². The predicted octanol–water partition coefficient (Wildman–Crippen LogP) is 2.00. The summed E-state index contributed by atoms with van der Waals surface area (Å²) in [5, 5.41) is 0. The van der Waals surface area contributed by atoms with E-state index in [1.54, 1.807) is 6.20 Å². The van der Waals surface area contributed by atoms with Gasteiger partial charge in [-0.3, -0.25) is 9.78 Å². The molecule has 1 aromatic rings. The molecule has 1 fully saturated rings. The summed E-state index contributed by atoms with van der Waals surface area (Å²) in [4.78, 5) is 15.4. The van der Waals surface area contributed by atoms with Gasteiger partial charge in [-0.1, -0.05) is 12.2 Å². The number of Topliss-reactive ketones (excluding diaryl/α,β-unsaturated/α-hetero) is 1. The van der Waals surface area contributed by atoms with Gasteiger partial charge in [0.2, 0.25) is 0 Å². The van der Waals surface area contributed by atoms with Gasteiger partial charge >= 0.3 is 0 Å². The van der Waals surface area contributed by atoms with E-state index in [4.69, 9.17) is 0 Å². The van der Waals surface area contributed by atoms with Crippen LogP contribution in [0.5, 0.6) is 0 Å². The van der Waals surface area contributed by atoms with Crippen LogP contribution in [0.2, 0.25) is 0 Å². The molecule has 1 atom stereocenters. The number of pyridine rings is 1. The minimum absolute atomic E-state index is 0.125. The van der Waals surface area contributed by atoms with Gasteiger partial charge in [-0.25, -0.2) is 0 Å². The third-order valence-electron chi connectivity index (χ3n) is 2.36. The third-order valence-corrected chi connectivity index (χ3v) is 2.36. The van der Waals surface area contributed by atoms with E-state index in [-0.39, 0.29) is 11.7 Å². The number of hydrogen-bond acceptors (Lipinski definition) is 2. The maximum absolute atomic E-state index is 11.3. The Bertz CT molecular complexity index is 367. The molecule has 1 aromatic heterocycles. The van der Waals surface area contributed by atoms with Crippen LogP contribution in [0.15, 0.2) is 30.5 Å². The quantitative estimate of drug-likeness (QED) is 0.608. The SMILES string of the molecule is C=C1CC(=O)C1c1cc(C)ccn1. The predicted molar refractivity (Wildman–Crippen MR) is 50.5 cm³/mol. The molecule has 0 aromatic carbocycles. The van der Waals surface area contributed by atoms with E-state index in [0.29, 0.717) is 6.42 Å². The number of hydrogen-bond donors (Lipinski definition) is 0. The van der Waals surface area contributed by atoms with Gasteiger partial charge in [-0.05, 0) is 24.6 Å². The minimum Gasteiger partial charge on any atom is -0.298 e. The molecule has 1 aliphatic rings. The lowest BCUT2D eigenvalue weighted by molar-refractivity contribution is -0.122. The van der Waals surface area contributed by atoms with Crippen LogP contribution in [0.4, 0.5) is 0 Å². The van der Waals surface area contributed by atoms with Crippen molar-refractivity contribution in [1.82, 2.24) is 4.98 Å². The van der Waals surface area contributed by atoms with Crippen LogP contribution in [-0.4, -0.2) is 10.8 Å². The van der Waals surface area contributed by atoms with Gasteiger partial charge in [0.25, 0.3) is 0 Å². The summed E-state index contributed by atoms with van der Waals surface area (Å²) in [7, 11) is 0. The molecule has 1 aliphatic carbocycles. The lowest BCUT2D eigenvalue weighted by atomic mass is 9.76. The molecule has 0 aliphatic heterocycles. The summed E-state index contributed by atoms with van der Waals surface area (Å²) in [6.07, 6.45) is 2.27. The summed E-state index contributed by atoms with van der Waals surface area (Å²) in [5.41, 5.74) is 2.97. The molecule has 1 unspecified atom stereocenters. The number of allylic oxidation sites excluding steroid dienone is 1. The zero-order valence-electron chi connectivity index (χ0n) is 7.58. The molecule has 2 nitrogen and oxygen atoms in total. The average molecular weight is 173 g/mol. The first kappa shape index (κ1) is 8.17. The van der Waals surface area contributed by atoms with Crippen molar-refractivity contribution >= 4 is 5.78 Å². The Morgan fingerprint density at radius 2 is 2.38 bits per heavy atom. The van der Waals surface area contributed by atoms with Crippen molar-refractivity contribution in [3.05, 3.63) is 41.7 Å². The Morgan fingerprint density at radius 3 is 2.92 bits per heavy atom. The van der Waals surface area contributed by atoms with Crippen molar-refractivity contribution in [2.45, 2.75) is 19.3 Å². The van der Waals surface area contributed by atoms with E-state index >= 15 is 0 Å². The molecule has 0 N–H and O–H groups in total. The number of nitrogens with zero attached hydrogens (tertiary/aromatic N) is 1. The molecule has 1 heterocycles. The summed E-state index contributed by atoms with van der Waals surface area (Å²) in [5.74, 6) is 0.114. The van der Waals surface area contributed by atoms with E-state index in [9.17, 15) is 4.79 Å². The Morgan fingerprint density at radius 1 is 1.62 bits per heavy atom. The van der Waals surface area contributed by atoms with Crippen molar-refractivity contribution in [2.75, 3.05) is 0 Å². The molecular weight excluding hydrogens is 162 g/mol. The van der Waals surface area contributed by atoms with E-state index < -0.39 is 0 Å². The summed E-state index contributed by atoms with van der Waals surface area (Å²) < 4.78 is 0. The van der Waals surface area contributed by atoms with Crippen molar-refractivity contribution in [3.8, 4) is 0 Å². The molecule has 66 valence electrons. The smallest absolute Gasteiger partial charge is 0.150 e. The van der Waals surface area contributed by atoms with E-state index in [1.165, 1.54) is 0 Å². The van der Waals surface area contributed by atoms with Gasteiger partial charge in [-0.2, -0.15) is 0 Å². The molecule has 0 bridgehead atoms. The molecule has 0 saturated heterocycles. The standard InChI is InChI=1S/C11H11NO/c1-7-3-4-12-9(5-7)11-8(2)6-10(11)13/h3-5,11H,2,6H2,1H3. The number of ketones is 1. The number of aryl methyl sites for hydroxylation is 1. The van der Waals surface area contributed by atoms with Crippen LogP contribution in [-0.2, 0) is 4.79 Å². The summed E-state index contributed by atoms with van der Waals surface area (Å²) in [6, 6.07) is 3.88. The number of carbonyl (C=O) groups excluding carboxylic acids is 1. The fraction of sp³-hybridized carbons (Fsp3) is 0.273. The zero-order valence-corrected chi connectivity index (χ0v) is 7.58. The average Bonchev–Trinajstić information content (AvgIpc) is 2.03. The Labute approximate surface area is 77.3 Å². The van der Waals surface area contributed by atoms with Crippen LogP contribution in [0.1, 0.15) is 23.6 Å². The highest BCUT2D eigenvalue weighted by Crippen LogP contribution is 2.36. The van der Waals surface area contributed by atoms with Crippen LogP contribution >= 0.6 is 0 Å². The molecule has 2 heteroatoms. The summed E-state index contributed by atoms with van der Waals surface area (Å²) in [6.45, 7) is 5.83. The molecule has 0 amide bonds. The van der Waals surface area contributed by atoms with Crippen LogP contribution in [0, 0.1) is 6.92 Å². The number of carbonyl (C=O) groups is 1. The second-order valence-electron chi connectivity index (χ2n) is 3.49. The van der Waals surface area contributed by atoms with E-state index in [2.05, 4.69) is 11.6 Å². The van der Waals surface area contributed by atoms with Gasteiger partial charge in [0.1, 0.15) is 5.78 Å². The van der Waals surface area contributed by atoms with Gasteiger partial charge < -0.3 is 0 Å². The monoisotopic (exact) mass is 173 g/mol. The highest BCUT2D eigenvalue weighted by Gasteiger charge is 2.34. The lowest BCUT2D eigenvalue weighted by Gasteiger charge is -2.26. The molecule has 2 rings (SSSR count). The first-order valence-electron chi connectivity index (χ1n) is 4.31. The number of aromatic nitrogens is 1. The Balaban J connectivity index is 2.35. The largest absolute Gasteiger partial charge is 0.298 e. The number of rotatable bonds is 1. The van der Waals surface area contributed by atoms with Crippen molar-refractivity contribution in [2.24, 2.45) is 0 Å². The van der Waals surface area contributed by atoms with Crippen LogP contribution < -0.4 is 0 Å². The molecule has 0 radical (unpaired) electrons. The zero-order chi connectivity index (χ0) is 9.42. The molecule has 0 spiro atoms. The van der Waals surface area contributed by atoms with Crippen molar-refractivity contribution in [1.29, 1.82) is 0 Å². The maximum Gasteiger partial charge on any atom is 0.150 e. The Kier molecular flexibility index (Phi) is 1.76.